The van der Waals surface area contributed by atoms with Crippen molar-refractivity contribution in [1.82, 2.24) is 0 Å². The van der Waals surface area contributed by atoms with E-state index in [1.165, 1.54) is 12.1 Å². The summed E-state index contributed by atoms with van der Waals surface area (Å²) < 4.78 is 26.1. The lowest BCUT2D eigenvalue weighted by atomic mass is 10.0. The summed E-state index contributed by atoms with van der Waals surface area (Å²) in [4.78, 5) is 0. The number of aryl methyl sites for hydroxylation is 1. The Labute approximate surface area is 104 Å². The lowest BCUT2D eigenvalue weighted by molar-refractivity contribution is -0.0711. The van der Waals surface area contributed by atoms with Crippen LogP contribution >= 0.6 is 24.0 Å². The number of hydrogen-bond donors (Lipinski definition) is 2. The fourth-order valence-corrected chi connectivity index (χ4v) is 1.33. The molecule has 2 nitrogen and oxygen atoms in total. The lowest BCUT2D eigenvalue weighted by Gasteiger charge is -2.22. The second-order valence-corrected chi connectivity index (χ2v) is 3.81. The molecule has 16 heavy (non-hydrogen) atoms. The molecule has 0 saturated heterocycles. The molecule has 0 aromatic heterocycles. The molecule has 0 aliphatic carbocycles. The first-order valence-electron chi connectivity index (χ1n) is 4.39. The van der Waals surface area contributed by atoms with Gasteiger partial charge in [-0.3, -0.25) is 0 Å². The van der Waals surface area contributed by atoms with Crippen LogP contribution < -0.4 is 5.73 Å². The number of hydrogen-bond acceptors (Lipinski definition) is 2. The first-order chi connectivity index (χ1) is 6.88. The van der Waals surface area contributed by atoms with Gasteiger partial charge in [0.15, 0.2) is 0 Å². The van der Waals surface area contributed by atoms with Crippen LogP contribution in [0.4, 0.5) is 8.78 Å². The van der Waals surface area contributed by atoms with Gasteiger partial charge in [-0.25, -0.2) is 8.78 Å². The van der Waals surface area contributed by atoms with E-state index in [9.17, 15) is 8.78 Å². The standard InChI is InChI=1S/C10H12ClF2NO.ClH/c1-6-2-3-7(4-8(6)11)9(14)10(12,13)5-15;/h2-4,9,15H,5,14H2,1H3;1H/t9-;/m1./s1. The zero-order valence-corrected chi connectivity index (χ0v) is 10.2. The first-order valence-corrected chi connectivity index (χ1v) is 4.76. The van der Waals surface area contributed by atoms with Crippen molar-refractivity contribution < 1.29 is 13.9 Å². The van der Waals surface area contributed by atoms with Gasteiger partial charge in [-0.1, -0.05) is 23.7 Å². The number of rotatable bonds is 3. The van der Waals surface area contributed by atoms with E-state index in [2.05, 4.69) is 0 Å². The summed E-state index contributed by atoms with van der Waals surface area (Å²) in [6.07, 6.45) is 0. The molecule has 1 rings (SSSR count). The SMILES string of the molecule is Cc1ccc([C@@H](N)C(F)(F)CO)cc1Cl.Cl. The van der Waals surface area contributed by atoms with Gasteiger partial charge in [0.2, 0.25) is 0 Å². The fourth-order valence-electron chi connectivity index (χ4n) is 1.14. The summed E-state index contributed by atoms with van der Waals surface area (Å²) in [7, 11) is 0. The number of aliphatic hydroxyl groups is 1. The van der Waals surface area contributed by atoms with Crippen LogP contribution in [-0.4, -0.2) is 17.6 Å². The van der Waals surface area contributed by atoms with Crippen LogP contribution in [0.25, 0.3) is 0 Å². The highest BCUT2D eigenvalue weighted by Gasteiger charge is 2.37. The minimum absolute atomic E-state index is 0. The topological polar surface area (TPSA) is 46.2 Å². The Kier molecular flexibility index (Phi) is 5.62. The average Bonchev–Trinajstić information content (AvgIpc) is 2.21. The molecule has 1 atom stereocenters. The Bertz CT molecular complexity index is 361. The predicted molar refractivity (Wildman–Crippen MR) is 62.4 cm³/mol. The molecule has 0 bridgehead atoms. The minimum atomic E-state index is -3.33. The summed E-state index contributed by atoms with van der Waals surface area (Å²) in [5.74, 6) is -3.33. The molecule has 0 aliphatic heterocycles. The minimum Gasteiger partial charge on any atom is -0.390 e. The monoisotopic (exact) mass is 271 g/mol. The maximum atomic E-state index is 13.0. The van der Waals surface area contributed by atoms with Crippen LogP contribution in [0.3, 0.4) is 0 Å². The van der Waals surface area contributed by atoms with Crippen LogP contribution in [0.2, 0.25) is 5.02 Å². The van der Waals surface area contributed by atoms with Gasteiger partial charge < -0.3 is 10.8 Å². The molecule has 6 heteroatoms. The van der Waals surface area contributed by atoms with E-state index in [-0.39, 0.29) is 18.0 Å². The van der Waals surface area contributed by atoms with E-state index in [1.807, 2.05) is 0 Å². The smallest absolute Gasteiger partial charge is 0.289 e. The van der Waals surface area contributed by atoms with E-state index < -0.39 is 18.6 Å². The van der Waals surface area contributed by atoms with Gasteiger partial charge in [0.05, 0.1) is 6.04 Å². The Morgan fingerprint density at radius 1 is 1.50 bits per heavy atom. The van der Waals surface area contributed by atoms with Gasteiger partial charge in [0, 0.05) is 5.02 Å². The second kappa shape index (κ2) is 5.77. The van der Waals surface area contributed by atoms with E-state index in [0.717, 1.165) is 5.56 Å². The third-order valence-corrected chi connectivity index (χ3v) is 2.63. The van der Waals surface area contributed by atoms with Crippen molar-refractivity contribution in [3.8, 4) is 0 Å². The van der Waals surface area contributed by atoms with Crippen molar-refractivity contribution >= 4 is 24.0 Å². The number of aliphatic hydroxyl groups excluding tert-OH is 1. The van der Waals surface area contributed by atoms with Gasteiger partial charge in [0.25, 0.3) is 5.92 Å². The largest absolute Gasteiger partial charge is 0.390 e. The number of nitrogens with two attached hydrogens (primary N) is 1. The summed E-state index contributed by atoms with van der Waals surface area (Å²) in [5.41, 5.74) is 6.34. The van der Waals surface area contributed by atoms with Crippen molar-refractivity contribution in [2.45, 2.75) is 18.9 Å². The van der Waals surface area contributed by atoms with Crippen molar-refractivity contribution in [2.24, 2.45) is 5.73 Å². The van der Waals surface area contributed by atoms with E-state index in [0.29, 0.717) is 5.02 Å². The highest BCUT2D eigenvalue weighted by atomic mass is 35.5. The quantitative estimate of drug-likeness (QED) is 0.888. The molecule has 0 fully saturated rings. The molecule has 1 aromatic rings. The van der Waals surface area contributed by atoms with Crippen LogP contribution in [0.1, 0.15) is 17.2 Å². The number of benzene rings is 1. The molecule has 0 aliphatic rings. The van der Waals surface area contributed by atoms with Gasteiger partial charge in [-0.15, -0.1) is 12.4 Å². The summed E-state index contributed by atoms with van der Waals surface area (Å²) in [6, 6.07) is 2.95. The average molecular weight is 272 g/mol. The molecular formula is C10H13Cl2F2NO. The first kappa shape index (κ1) is 15.6. The predicted octanol–water partition coefficient (Wildman–Crippen LogP) is 2.70. The molecule has 1 aromatic carbocycles. The molecular weight excluding hydrogens is 259 g/mol. The Hall–Kier alpha value is -0.420. The molecule has 3 N–H and O–H groups in total. The molecule has 0 spiro atoms. The zero-order valence-electron chi connectivity index (χ0n) is 8.58. The molecule has 0 unspecified atom stereocenters. The molecule has 0 amide bonds. The van der Waals surface area contributed by atoms with Crippen LogP contribution in [0.5, 0.6) is 0 Å². The molecule has 0 heterocycles. The van der Waals surface area contributed by atoms with Gasteiger partial charge in [-0.05, 0) is 24.1 Å². The Balaban J connectivity index is 0.00000225. The summed E-state index contributed by atoms with van der Waals surface area (Å²) in [5, 5.41) is 8.87. The lowest BCUT2D eigenvalue weighted by Crippen LogP contribution is -2.36. The van der Waals surface area contributed by atoms with Gasteiger partial charge in [0.1, 0.15) is 6.61 Å². The van der Waals surface area contributed by atoms with Crippen LogP contribution in [0, 0.1) is 6.92 Å². The number of halogens is 4. The van der Waals surface area contributed by atoms with E-state index >= 15 is 0 Å². The summed E-state index contributed by atoms with van der Waals surface area (Å²) in [6.45, 7) is 0.488. The summed E-state index contributed by atoms with van der Waals surface area (Å²) >= 11 is 5.79. The van der Waals surface area contributed by atoms with Gasteiger partial charge in [-0.2, -0.15) is 0 Å². The molecule has 0 saturated carbocycles. The number of alkyl halides is 2. The van der Waals surface area contributed by atoms with Crippen LogP contribution in [-0.2, 0) is 0 Å². The second-order valence-electron chi connectivity index (χ2n) is 3.41. The maximum Gasteiger partial charge on any atom is 0.289 e. The van der Waals surface area contributed by atoms with Crippen molar-refractivity contribution in [3.63, 3.8) is 0 Å². The zero-order chi connectivity index (χ0) is 11.6. The van der Waals surface area contributed by atoms with Crippen molar-refractivity contribution in [2.75, 3.05) is 6.61 Å². The third-order valence-electron chi connectivity index (χ3n) is 2.22. The van der Waals surface area contributed by atoms with Gasteiger partial charge >= 0.3 is 0 Å². The van der Waals surface area contributed by atoms with E-state index in [1.54, 1.807) is 13.0 Å². The third kappa shape index (κ3) is 3.28. The fraction of sp³-hybridized carbons (Fsp3) is 0.400. The highest BCUT2D eigenvalue weighted by Crippen LogP contribution is 2.30. The Morgan fingerprint density at radius 3 is 2.50 bits per heavy atom. The normalized spacial score (nSPS) is 13.1. The highest BCUT2D eigenvalue weighted by molar-refractivity contribution is 6.31. The molecule has 92 valence electrons. The van der Waals surface area contributed by atoms with E-state index in [4.69, 9.17) is 22.4 Å². The Morgan fingerprint density at radius 2 is 2.06 bits per heavy atom. The van der Waals surface area contributed by atoms with Crippen LogP contribution in [0.15, 0.2) is 18.2 Å². The van der Waals surface area contributed by atoms with Crippen molar-refractivity contribution in [1.29, 1.82) is 0 Å². The van der Waals surface area contributed by atoms with Crippen molar-refractivity contribution in [3.05, 3.63) is 34.3 Å². The molecule has 0 radical (unpaired) electrons. The maximum absolute atomic E-state index is 13.0.